The molecule has 0 saturated heterocycles. The first-order valence-electron chi connectivity index (χ1n) is 9.32. The van der Waals surface area contributed by atoms with Gasteiger partial charge in [-0.25, -0.2) is 4.79 Å². The highest BCUT2D eigenvalue weighted by atomic mass is 32.1. The van der Waals surface area contributed by atoms with E-state index in [1.54, 1.807) is 11.8 Å². The number of thiophene rings is 1. The van der Waals surface area contributed by atoms with Gasteiger partial charge < -0.3 is 9.64 Å². The van der Waals surface area contributed by atoms with Crippen LogP contribution < -0.4 is 9.80 Å². The Hall–Kier alpha value is -2.34. The zero-order valence-electron chi connectivity index (χ0n) is 16.5. The molecule has 0 saturated carbocycles. The predicted molar refractivity (Wildman–Crippen MR) is 110 cm³/mol. The molecule has 27 heavy (non-hydrogen) atoms. The van der Waals surface area contributed by atoms with Crippen molar-refractivity contribution < 1.29 is 14.3 Å². The van der Waals surface area contributed by atoms with Crippen molar-refractivity contribution in [2.24, 2.45) is 0 Å². The van der Waals surface area contributed by atoms with Gasteiger partial charge in [-0.3, -0.25) is 9.69 Å². The van der Waals surface area contributed by atoms with Crippen LogP contribution in [0.25, 0.3) is 0 Å². The van der Waals surface area contributed by atoms with Crippen molar-refractivity contribution in [1.29, 1.82) is 0 Å². The molecule has 1 atom stereocenters. The highest BCUT2D eigenvalue weighted by Gasteiger charge is 2.37. The number of hydrogen-bond donors (Lipinski definition) is 0. The molecule has 0 N–H and O–H groups in total. The van der Waals surface area contributed by atoms with Crippen LogP contribution in [0.1, 0.15) is 45.9 Å². The molecule has 1 aliphatic rings. The SMILES string of the molecule is CCOC(=O)N1c2cc(C)c(C)cc2N(C(=O)c2ccc(C)s2)CC1CC. The number of amides is 2. The van der Waals surface area contributed by atoms with Crippen LogP contribution in [0.15, 0.2) is 24.3 Å². The summed E-state index contributed by atoms with van der Waals surface area (Å²) in [5, 5.41) is 0. The van der Waals surface area contributed by atoms with E-state index in [4.69, 9.17) is 4.74 Å². The number of benzene rings is 1. The maximum Gasteiger partial charge on any atom is 0.414 e. The number of ether oxygens (including phenoxy) is 1. The smallest absolute Gasteiger partial charge is 0.414 e. The zero-order chi connectivity index (χ0) is 19.7. The largest absolute Gasteiger partial charge is 0.449 e. The fraction of sp³-hybridized carbons (Fsp3) is 0.429. The second-order valence-electron chi connectivity index (χ2n) is 6.88. The molecule has 1 aliphatic heterocycles. The Morgan fingerprint density at radius 3 is 2.33 bits per heavy atom. The number of nitrogens with zero attached hydrogens (tertiary/aromatic N) is 2. The summed E-state index contributed by atoms with van der Waals surface area (Å²) in [6.45, 7) is 10.7. The zero-order valence-corrected chi connectivity index (χ0v) is 17.4. The monoisotopic (exact) mass is 386 g/mol. The van der Waals surface area contributed by atoms with Gasteiger partial charge >= 0.3 is 6.09 Å². The van der Waals surface area contributed by atoms with Crippen molar-refractivity contribution in [1.82, 2.24) is 0 Å². The molecule has 0 aliphatic carbocycles. The van der Waals surface area contributed by atoms with Gasteiger partial charge in [0.2, 0.25) is 0 Å². The number of carbonyl (C=O) groups excluding carboxylic acids is 2. The van der Waals surface area contributed by atoms with Crippen LogP contribution in [0.5, 0.6) is 0 Å². The van der Waals surface area contributed by atoms with E-state index in [-0.39, 0.29) is 18.0 Å². The number of anilines is 2. The average Bonchev–Trinajstić information content (AvgIpc) is 3.07. The van der Waals surface area contributed by atoms with Gasteiger partial charge in [-0.2, -0.15) is 0 Å². The second kappa shape index (κ2) is 7.72. The molecule has 6 heteroatoms. The number of aryl methyl sites for hydroxylation is 3. The van der Waals surface area contributed by atoms with E-state index in [1.165, 1.54) is 11.3 Å². The third-order valence-corrected chi connectivity index (χ3v) is 6.02. The minimum Gasteiger partial charge on any atom is -0.449 e. The summed E-state index contributed by atoms with van der Waals surface area (Å²) in [5.74, 6) is -0.0143. The topological polar surface area (TPSA) is 49.9 Å². The third-order valence-electron chi connectivity index (χ3n) is 5.03. The molecule has 0 bridgehead atoms. The van der Waals surface area contributed by atoms with E-state index < -0.39 is 0 Å². The van der Waals surface area contributed by atoms with E-state index in [1.807, 2.05) is 56.9 Å². The van der Waals surface area contributed by atoms with Crippen LogP contribution >= 0.6 is 11.3 Å². The summed E-state index contributed by atoms with van der Waals surface area (Å²) in [4.78, 5) is 31.3. The molecule has 2 amide bonds. The highest BCUT2D eigenvalue weighted by molar-refractivity contribution is 7.14. The molecule has 1 aromatic carbocycles. The minimum atomic E-state index is -0.354. The molecule has 0 radical (unpaired) electrons. The Kier molecular flexibility index (Phi) is 5.56. The van der Waals surface area contributed by atoms with Gasteiger partial charge in [-0.15, -0.1) is 11.3 Å². The average molecular weight is 387 g/mol. The van der Waals surface area contributed by atoms with Gasteiger partial charge in [0.15, 0.2) is 0 Å². The minimum absolute atomic E-state index is 0.0143. The van der Waals surface area contributed by atoms with Gasteiger partial charge in [0.05, 0.1) is 28.9 Å². The normalized spacial score (nSPS) is 16.3. The summed E-state index contributed by atoms with van der Waals surface area (Å²) in [6, 6.07) is 7.71. The maximum absolute atomic E-state index is 13.2. The number of fused-ring (bicyclic) bond motifs is 1. The number of carbonyl (C=O) groups is 2. The molecule has 1 aromatic heterocycles. The van der Waals surface area contributed by atoms with E-state index in [9.17, 15) is 9.59 Å². The van der Waals surface area contributed by atoms with E-state index >= 15 is 0 Å². The predicted octanol–water partition coefficient (Wildman–Crippen LogP) is 5.08. The fourth-order valence-electron chi connectivity index (χ4n) is 3.41. The van der Waals surface area contributed by atoms with Crippen molar-refractivity contribution in [3.05, 3.63) is 45.1 Å². The molecule has 2 heterocycles. The van der Waals surface area contributed by atoms with E-state index in [0.29, 0.717) is 13.2 Å². The molecule has 5 nitrogen and oxygen atoms in total. The number of hydrogen-bond acceptors (Lipinski definition) is 4. The third kappa shape index (κ3) is 3.58. The Labute approximate surface area is 164 Å². The van der Waals surface area contributed by atoms with E-state index in [0.717, 1.165) is 38.7 Å². The first-order valence-corrected chi connectivity index (χ1v) is 10.1. The lowest BCUT2D eigenvalue weighted by Crippen LogP contribution is -2.53. The summed E-state index contributed by atoms with van der Waals surface area (Å²) in [7, 11) is 0. The first kappa shape index (κ1) is 19.4. The van der Waals surface area contributed by atoms with Gasteiger partial charge in [-0.05, 0) is 69.5 Å². The first-order chi connectivity index (χ1) is 12.9. The molecule has 0 spiro atoms. The second-order valence-corrected chi connectivity index (χ2v) is 8.17. The Bertz CT molecular complexity index is 874. The molecule has 144 valence electrons. The number of rotatable bonds is 3. The summed E-state index contributed by atoms with van der Waals surface area (Å²) in [6.07, 6.45) is 0.381. The van der Waals surface area contributed by atoms with Crippen LogP contribution in [-0.2, 0) is 4.74 Å². The Balaban J connectivity index is 2.12. The van der Waals surface area contributed by atoms with Crippen LogP contribution in [0.4, 0.5) is 16.2 Å². The molecular formula is C21H26N2O3S. The molecule has 3 rings (SSSR count). The van der Waals surface area contributed by atoms with Crippen molar-refractivity contribution >= 4 is 34.7 Å². The lowest BCUT2D eigenvalue weighted by atomic mass is 10.0. The standard InChI is InChI=1S/C21H26N2O3S/c1-6-16-12-22(20(24)19-9-8-15(5)27-19)17-10-13(3)14(4)11-18(17)23(16)21(25)26-7-2/h8-11,16H,6-7,12H2,1-5H3. The van der Waals surface area contributed by atoms with Crippen molar-refractivity contribution in [2.45, 2.75) is 47.1 Å². The summed E-state index contributed by atoms with van der Waals surface area (Å²) in [5.41, 5.74) is 3.69. The Morgan fingerprint density at radius 2 is 1.78 bits per heavy atom. The van der Waals surface area contributed by atoms with Gasteiger partial charge in [0, 0.05) is 11.4 Å². The van der Waals surface area contributed by atoms with Crippen LogP contribution in [-0.4, -0.2) is 31.2 Å². The van der Waals surface area contributed by atoms with E-state index in [2.05, 4.69) is 0 Å². The van der Waals surface area contributed by atoms with Gasteiger partial charge in [0.25, 0.3) is 5.91 Å². The summed E-state index contributed by atoms with van der Waals surface area (Å²) >= 11 is 1.50. The van der Waals surface area contributed by atoms with Crippen LogP contribution in [0.2, 0.25) is 0 Å². The quantitative estimate of drug-likeness (QED) is 0.739. The lowest BCUT2D eigenvalue weighted by molar-refractivity contribution is 0.0985. The molecule has 2 aromatic rings. The molecule has 1 unspecified atom stereocenters. The van der Waals surface area contributed by atoms with Crippen LogP contribution in [0, 0.1) is 20.8 Å². The Morgan fingerprint density at radius 1 is 1.11 bits per heavy atom. The van der Waals surface area contributed by atoms with Gasteiger partial charge in [0.1, 0.15) is 0 Å². The highest BCUT2D eigenvalue weighted by Crippen LogP contribution is 2.40. The fourth-order valence-corrected chi connectivity index (χ4v) is 4.23. The molecule has 0 fully saturated rings. The van der Waals surface area contributed by atoms with Crippen LogP contribution in [0.3, 0.4) is 0 Å². The van der Waals surface area contributed by atoms with Crippen molar-refractivity contribution in [3.8, 4) is 0 Å². The summed E-state index contributed by atoms with van der Waals surface area (Å²) < 4.78 is 5.31. The molecular weight excluding hydrogens is 360 g/mol. The lowest BCUT2D eigenvalue weighted by Gasteiger charge is -2.41. The van der Waals surface area contributed by atoms with Gasteiger partial charge in [-0.1, -0.05) is 6.92 Å². The van der Waals surface area contributed by atoms with Crippen molar-refractivity contribution in [2.75, 3.05) is 23.0 Å². The maximum atomic E-state index is 13.2. The van der Waals surface area contributed by atoms with Crippen molar-refractivity contribution in [3.63, 3.8) is 0 Å².